The molecule has 0 bridgehead atoms. The molecule has 2 fully saturated rings. The summed E-state index contributed by atoms with van der Waals surface area (Å²) in [5.41, 5.74) is -0.203. The van der Waals surface area contributed by atoms with Crippen LogP contribution in [0.2, 0.25) is 0 Å². The Balaban J connectivity index is 0.00000264. The Bertz CT molecular complexity index is 417. The first-order chi connectivity index (χ1) is 10.4. The van der Waals surface area contributed by atoms with Crippen LogP contribution in [0.5, 0.6) is 0 Å². The highest BCUT2D eigenvalue weighted by Gasteiger charge is 2.34. The molecule has 0 aromatic carbocycles. The molecule has 0 aromatic rings. The van der Waals surface area contributed by atoms with Gasteiger partial charge in [0.2, 0.25) is 5.91 Å². The molecule has 1 heterocycles. The van der Waals surface area contributed by atoms with Crippen LogP contribution in [0.15, 0.2) is 4.99 Å². The molecule has 2 rings (SSSR count). The zero-order chi connectivity index (χ0) is 16.2. The zero-order valence-electron chi connectivity index (χ0n) is 14.8. The van der Waals surface area contributed by atoms with Crippen molar-refractivity contribution in [2.45, 2.75) is 51.6 Å². The first kappa shape index (κ1) is 20.5. The van der Waals surface area contributed by atoms with E-state index >= 15 is 0 Å². The molecule has 1 aliphatic heterocycles. The van der Waals surface area contributed by atoms with Gasteiger partial charge in [-0.2, -0.15) is 0 Å². The predicted molar refractivity (Wildman–Crippen MR) is 105 cm³/mol. The van der Waals surface area contributed by atoms with E-state index in [-0.39, 0.29) is 42.0 Å². The third kappa shape index (κ3) is 7.69. The Hall–Kier alpha value is -0.570. The van der Waals surface area contributed by atoms with Gasteiger partial charge in [0.15, 0.2) is 5.96 Å². The second-order valence-electron chi connectivity index (χ2n) is 7.49. The van der Waals surface area contributed by atoms with Gasteiger partial charge in [-0.15, -0.1) is 24.0 Å². The molecule has 1 atom stereocenters. The molecular formula is C16H32IN5O. The number of nitrogens with zero attached hydrogens (tertiary/aromatic N) is 2. The van der Waals surface area contributed by atoms with Crippen molar-refractivity contribution in [2.75, 3.05) is 33.2 Å². The molecule has 6 nitrogen and oxygen atoms in total. The van der Waals surface area contributed by atoms with Gasteiger partial charge in [-0.1, -0.05) is 0 Å². The third-order valence-corrected chi connectivity index (χ3v) is 4.09. The highest BCUT2D eigenvalue weighted by Crippen LogP contribution is 2.31. The fraction of sp³-hybridized carbons (Fsp3) is 0.875. The highest BCUT2D eigenvalue weighted by atomic mass is 127. The zero-order valence-corrected chi connectivity index (χ0v) is 17.1. The SMILES string of the molecule is CN=C(NCC(=O)NC(C)(C)C)NCC1CCN(C2CC2)C1.I. The number of aliphatic imine (C=N–C) groups is 1. The molecule has 2 aliphatic rings. The molecular weight excluding hydrogens is 405 g/mol. The average Bonchev–Trinajstić information content (AvgIpc) is 3.17. The monoisotopic (exact) mass is 437 g/mol. The summed E-state index contributed by atoms with van der Waals surface area (Å²) in [7, 11) is 1.74. The maximum absolute atomic E-state index is 11.8. The van der Waals surface area contributed by atoms with Crippen LogP contribution in [-0.4, -0.2) is 61.6 Å². The summed E-state index contributed by atoms with van der Waals surface area (Å²) in [6.45, 7) is 9.52. The van der Waals surface area contributed by atoms with Gasteiger partial charge in [-0.3, -0.25) is 9.79 Å². The maximum Gasteiger partial charge on any atom is 0.239 e. The number of hydrogen-bond donors (Lipinski definition) is 3. The minimum Gasteiger partial charge on any atom is -0.356 e. The molecule has 0 radical (unpaired) electrons. The van der Waals surface area contributed by atoms with Gasteiger partial charge in [0, 0.05) is 31.7 Å². The Morgan fingerprint density at radius 2 is 1.91 bits per heavy atom. The van der Waals surface area contributed by atoms with Crippen LogP contribution < -0.4 is 16.0 Å². The standard InChI is InChI=1S/C16H31N5O.HI/c1-16(2,3)20-14(22)10-19-15(17-4)18-9-12-7-8-21(11-12)13-5-6-13;/h12-13H,5-11H2,1-4H3,(H,20,22)(H2,17,18,19);1H. The number of rotatable bonds is 5. The quantitative estimate of drug-likeness (QED) is 0.343. The van der Waals surface area contributed by atoms with Crippen LogP contribution in [-0.2, 0) is 4.79 Å². The molecule has 1 amide bonds. The molecule has 1 saturated heterocycles. The molecule has 1 saturated carbocycles. The van der Waals surface area contributed by atoms with E-state index in [1.807, 2.05) is 20.8 Å². The van der Waals surface area contributed by atoms with Crippen LogP contribution in [0.1, 0.15) is 40.0 Å². The van der Waals surface area contributed by atoms with Crippen molar-refractivity contribution in [3.63, 3.8) is 0 Å². The van der Waals surface area contributed by atoms with E-state index in [4.69, 9.17) is 0 Å². The van der Waals surface area contributed by atoms with Crippen LogP contribution >= 0.6 is 24.0 Å². The maximum atomic E-state index is 11.8. The van der Waals surface area contributed by atoms with E-state index in [2.05, 4.69) is 25.8 Å². The van der Waals surface area contributed by atoms with Crippen molar-refractivity contribution in [3.05, 3.63) is 0 Å². The Labute approximate surface area is 157 Å². The molecule has 3 N–H and O–H groups in total. The number of guanidine groups is 1. The molecule has 0 spiro atoms. The van der Waals surface area contributed by atoms with Gasteiger partial charge in [-0.05, 0) is 52.5 Å². The second-order valence-corrected chi connectivity index (χ2v) is 7.49. The van der Waals surface area contributed by atoms with Gasteiger partial charge in [0.25, 0.3) is 0 Å². The van der Waals surface area contributed by atoms with Crippen molar-refractivity contribution in [1.29, 1.82) is 0 Å². The summed E-state index contributed by atoms with van der Waals surface area (Å²) in [4.78, 5) is 18.6. The van der Waals surface area contributed by atoms with Gasteiger partial charge in [-0.25, -0.2) is 0 Å². The van der Waals surface area contributed by atoms with Gasteiger partial charge in [0.1, 0.15) is 0 Å². The number of halogens is 1. The Kier molecular flexibility index (Phi) is 8.06. The number of likely N-dealkylation sites (tertiary alicyclic amines) is 1. The summed E-state index contributed by atoms with van der Waals surface area (Å²) >= 11 is 0. The van der Waals surface area contributed by atoms with Crippen LogP contribution in [0.25, 0.3) is 0 Å². The lowest BCUT2D eigenvalue weighted by Gasteiger charge is -2.21. The number of carbonyl (C=O) groups is 1. The first-order valence-electron chi connectivity index (χ1n) is 8.37. The molecule has 1 unspecified atom stereocenters. The van der Waals surface area contributed by atoms with Crippen LogP contribution in [0.3, 0.4) is 0 Å². The minimum absolute atomic E-state index is 0. The van der Waals surface area contributed by atoms with Gasteiger partial charge < -0.3 is 20.9 Å². The normalized spacial score (nSPS) is 22.4. The van der Waals surface area contributed by atoms with Crippen LogP contribution in [0, 0.1) is 5.92 Å². The number of carbonyl (C=O) groups excluding carboxylic acids is 1. The third-order valence-electron chi connectivity index (χ3n) is 4.09. The second kappa shape index (κ2) is 9.05. The summed E-state index contributed by atoms with van der Waals surface area (Å²) < 4.78 is 0. The summed E-state index contributed by atoms with van der Waals surface area (Å²) in [5, 5.41) is 9.35. The van der Waals surface area contributed by atoms with Crippen molar-refractivity contribution < 1.29 is 4.79 Å². The van der Waals surface area contributed by atoms with Gasteiger partial charge >= 0.3 is 0 Å². The highest BCUT2D eigenvalue weighted by molar-refractivity contribution is 14.0. The van der Waals surface area contributed by atoms with Crippen molar-refractivity contribution >= 4 is 35.8 Å². The van der Waals surface area contributed by atoms with Crippen molar-refractivity contribution in [1.82, 2.24) is 20.9 Å². The average molecular weight is 437 g/mol. The van der Waals surface area contributed by atoms with E-state index in [1.165, 1.54) is 32.4 Å². The fourth-order valence-electron chi connectivity index (χ4n) is 2.89. The van der Waals surface area contributed by atoms with E-state index in [0.717, 1.165) is 12.6 Å². The molecule has 1 aliphatic carbocycles. The summed E-state index contributed by atoms with van der Waals surface area (Å²) in [6, 6.07) is 0.864. The van der Waals surface area contributed by atoms with E-state index in [9.17, 15) is 4.79 Å². The lowest BCUT2D eigenvalue weighted by Crippen LogP contribution is -2.48. The van der Waals surface area contributed by atoms with E-state index in [0.29, 0.717) is 11.9 Å². The molecule has 0 aromatic heterocycles. The largest absolute Gasteiger partial charge is 0.356 e. The smallest absolute Gasteiger partial charge is 0.239 e. The molecule has 7 heteroatoms. The Morgan fingerprint density at radius 3 is 2.48 bits per heavy atom. The summed E-state index contributed by atoms with van der Waals surface area (Å²) in [5.74, 6) is 1.37. The fourth-order valence-corrected chi connectivity index (χ4v) is 2.89. The van der Waals surface area contributed by atoms with Crippen molar-refractivity contribution in [3.8, 4) is 0 Å². The van der Waals surface area contributed by atoms with Gasteiger partial charge in [0.05, 0.1) is 6.54 Å². The number of hydrogen-bond acceptors (Lipinski definition) is 3. The first-order valence-corrected chi connectivity index (χ1v) is 8.37. The molecule has 134 valence electrons. The molecule has 23 heavy (non-hydrogen) atoms. The van der Waals surface area contributed by atoms with Crippen LogP contribution in [0.4, 0.5) is 0 Å². The summed E-state index contributed by atoms with van der Waals surface area (Å²) in [6.07, 6.45) is 4.02. The van der Waals surface area contributed by atoms with Crippen molar-refractivity contribution in [2.24, 2.45) is 10.9 Å². The lowest BCUT2D eigenvalue weighted by molar-refractivity contribution is -0.121. The van der Waals surface area contributed by atoms with E-state index < -0.39 is 0 Å². The lowest BCUT2D eigenvalue weighted by atomic mass is 10.1. The number of nitrogens with one attached hydrogen (secondary N) is 3. The van der Waals surface area contributed by atoms with E-state index in [1.54, 1.807) is 7.05 Å². The topological polar surface area (TPSA) is 68.8 Å². The Morgan fingerprint density at radius 1 is 1.22 bits per heavy atom. The number of amides is 1. The predicted octanol–water partition coefficient (Wildman–Crippen LogP) is 1.17. The minimum atomic E-state index is -0.203.